The second kappa shape index (κ2) is 8.08. The molecule has 7 heteroatoms. The van der Waals surface area contributed by atoms with Gasteiger partial charge in [-0.3, -0.25) is 9.59 Å². The highest BCUT2D eigenvalue weighted by atomic mass is 79.9. The van der Waals surface area contributed by atoms with Crippen molar-refractivity contribution in [2.75, 3.05) is 13.7 Å². The van der Waals surface area contributed by atoms with Crippen molar-refractivity contribution in [1.29, 1.82) is 0 Å². The summed E-state index contributed by atoms with van der Waals surface area (Å²) in [5, 5.41) is 11.2. The predicted octanol–water partition coefficient (Wildman–Crippen LogP) is 2.13. The van der Waals surface area contributed by atoms with Crippen LogP contribution in [-0.2, 0) is 14.3 Å². The average molecular weight is 348 g/mol. The number of thiophene rings is 1. The Morgan fingerprint density at radius 2 is 2.32 bits per heavy atom. The highest BCUT2D eigenvalue weighted by Gasteiger charge is 2.12. The molecule has 1 heterocycles. The van der Waals surface area contributed by atoms with E-state index in [1.165, 1.54) is 24.5 Å². The van der Waals surface area contributed by atoms with Gasteiger partial charge in [0, 0.05) is 24.6 Å². The Morgan fingerprint density at radius 3 is 2.84 bits per heavy atom. The largest absolute Gasteiger partial charge is 0.481 e. The summed E-state index contributed by atoms with van der Waals surface area (Å²) in [5.74, 6) is -1.24. The number of ether oxygens (including phenoxy) is 1. The Kier molecular flexibility index (Phi) is 6.75. The van der Waals surface area contributed by atoms with Gasteiger partial charge in [-0.05, 0) is 34.1 Å². The van der Waals surface area contributed by atoms with Gasteiger partial charge in [0.15, 0.2) is 0 Å². The van der Waals surface area contributed by atoms with E-state index in [9.17, 15) is 9.59 Å². The van der Waals surface area contributed by atoms with Crippen LogP contribution in [0.15, 0.2) is 22.0 Å². The molecule has 0 saturated heterocycles. The molecule has 0 saturated carbocycles. The molecule has 1 atom stereocenters. The number of hydrogen-bond acceptors (Lipinski definition) is 4. The van der Waals surface area contributed by atoms with Gasteiger partial charge in [0.05, 0.1) is 16.3 Å². The van der Waals surface area contributed by atoms with Crippen molar-refractivity contribution in [2.45, 2.75) is 12.5 Å². The monoisotopic (exact) mass is 347 g/mol. The lowest BCUT2D eigenvalue weighted by molar-refractivity contribution is -0.140. The molecule has 5 nitrogen and oxygen atoms in total. The molecule has 1 amide bonds. The van der Waals surface area contributed by atoms with Gasteiger partial charge >= 0.3 is 5.97 Å². The highest BCUT2D eigenvalue weighted by molar-refractivity contribution is 9.11. The third-order valence-corrected chi connectivity index (χ3v) is 3.82. The normalized spacial score (nSPS) is 12.5. The summed E-state index contributed by atoms with van der Waals surface area (Å²) in [7, 11) is 1.42. The number of carbonyl (C=O) groups excluding carboxylic acids is 1. The van der Waals surface area contributed by atoms with E-state index in [0.717, 1.165) is 8.66 Å². The number of rotatable bonds is 7. The lowest BCUT2D eigenvalue weighted by atomic mass is 10.2. The summed E-state index contributed by atoms with van der Waals surface area (Å²) in [6.45, 7) is 0.167. The minimum Gasteiger partial charge on any atom is -0.481 e. The molecule has 0 aliphatic carbocycles. The molecule has 1 aromatic rings. The van der Waals surface area contributed by atoms with Crippen molar-refractivity contribution in [3.05, 3.63) is 26.9 Å². The summed E-state index contributed by atoms with van der Waals surface area (Å²) in [4.78, 5) is 23.0. The van der Waals surface area contributed by atoms with Crippen LogP contribution < -0.4 is 5.32 Å². The zero-order chi connectivity index (χ0) is 14.3. The Hall–Kier alpha value is -1.18. The van der Waals surface area contributed by atoms with Gasteiger partial charge in [-0.25, -0.2) is 0 Å². The molecule has 0 fully saturated rings. The molecule has 0 aromatic carbocycles. The number of methoxy groups -OCH3 is 1. The van der Waals surface area contributed by atoms with Gasteiger partial charge in [0.25, 0.3) is 0 Å². The lowest BCUT2D eigenvalue weighted by Gasteiger charge is -2.12. The summed E-state index contributed by atoms with van der Waals surface area (Å²) in [6, 6.07) is 3.79. The van der Waals surface area contributed by atoms with Crippen molar-refractivity contribution < 1.29 is 19.4 Å². The molecule has 0 radical (unpaired) electrons. The second-order valence-corrected chi connectivity index (χ2v) is 6.17. The SMILES string of the molecule is COC(CNC(=O)/C=C/c1ccc(Br)s1)CC(=O)O. The van der Waals surface area contributed by atoms with Gasteiger partial charge in [0.1, 0.15) is 0 Å². The fourth-order valence-corrected chi connectivity index (χ4v) is 2.61. The third kappa shape index (κ3) is 6.51. The number of nitrogens with one attached hydrogen (secondary N) is 1. The molecule has 1 aromatic heterocycles. The van der Waals surface area contributed by atoms with Gasteiger partial charge < -0.3 is 15.2 Å². The number of hydrogen-bond donors (Lipinski definition) is 2. The molecule has 104 valence electrons. The third-order valence-electron chi connectivity index (χ3n) is 2.23. The average Bonchev–Trinajstić information content (AvgIpc) is 2.77. The van der Waals surface area contributed by atoms with Gasteiger partial charge in [-0.2, -0.15) is 0 Å². The van der Waals surface area contributed by atoms with Gasteiger partial charge in [-0.15, -0.1) is 11.3 Å². The van der Waals surface area contributed by atoms with Gasteiger partial charge in [-0.1, -0.05) is 0 Å². The number of aliphatic carboxylic acids is 1. The number of amides is 1. The number of halogens is 1. The Balaban J connectivity index is 2.38. The first-order valence-corrected chi connectivity index (χ1v) is 7.08. The van der Waals surface area contributed by atoms with Crippen LogP contribution in [0.5, 0.6) is 0 Å². The Morgan fingerprint density at radius 1 is 1.58 bits per heavy atom. The van der Waals surface area contributed by atoms with E-state index in [1.54, 1.807) is 6.08 Å². The van der Waals surface area contributed by atoms with Crippen LogP contribution in [0.25, 0.3) is 6.08 Å². The molecule has 0 spiro atoms. The maximum Gasteiger partial charge on any atom is 0.306 e. The zero-order valence-electron chi connectivity index (χ0n) is 10.3. The maximum absolute atomic E-state index is 11.5. The van der Waals surface area contributed by atoms with Crippen molar-refractivity contribution in [3.63, 3.8) is 0 Å². The first-order chi connectivity index (χ1) is 9.01. The van der Waals surface area contributed by atoms with Crippen molar-refractivity contribution in [1.82, 2.24) is 5.32 Å². The topological polar surface area (TPSA) is 75.6 Å². The van der Waals surface area contributed by atoms with E-state index in [-0.39, 0.29) is 18.9 Å². The van der Waals surface area contributed by atoms with E-state index in [2.05, 4.69) is 21.2 Å². The highest BCUT2D eigenvalue weighted by Crippen LogP contribution is 2.22. The van der Waals surface area contributed by atoms with E-state index in [4.69, 9.17) is 9.84 Å². The molecule has 0 aliphatic rings. The standard InChI is InChI=1S/C12H14BrNO4S/c1-18-8(6-12(16)17)7-14-11(15)5-3-9-2-4-10(13)19-9/h2-5,8H,6-7H2,1H3,(H,14,15)(H,16,17)/b5-3+. The van der Waals surface area contributed by atoms with Crippen LogP contribution in [0, 0.1) is 0 Å². The molecule has 2 N–H and O–H groups in total. The Bertz CT molecular complexity index is 472. The molecule has 19 heavy (non-hydrogen) atoms. The quantitative estimate of drug-likeness (QED) is 0.741. The summed E-state index contributed by atoms with van der Waals surface area (Å²) < 4.78 is 5.95. The van der Waals surface area contributed by atoms with E-state index in [0.29, 0.717) is 0 Å². The molecule has 1 rings (SSSR count). The van der Waals surface area contributed by atoms with E-state index in [1.807, 2.05) is 12.1 Å². The predicted molar refractivity (Wildman–Crippen MR) is 77.1 cm³/mol. The van der Waals surface area contributed by atoms with Crippen molar-refractivity contribution >= 4 is 45.2 Å². The summed E-state index contributed by atoms with van der Waals surface area (Å²) in [5.41, 5.74) is 0. The molecule has 1 unspecified atom stereocenters. The minimum atomic E-state index is -0.958. The summed E-state index contributed by atoms with van der Waals surface area (Å²) in [6.07, 6.45) is 2.44. The number of carbonyl (C=O) groups is 2. The van der Waals surface area contributed by atoms with E-state index >= 15 is 0 Å². The number of carboxylic acid groups (broad SMARTS) is 1. The molecular weight excluding hydrogens is 334 g/mol. The maximum atomic E-state index is 11.5. The lowest BCUT2D eigenvalue weighted by Crippen LogP contribution is -2.33. The second-order valence-electron chi connectivity index (χ2n) is 3.68. The van der Waals surface area contributed by atoms with Crippen molar-refractivity contribution in [3.8, 4) is 0 Å². The fraction of sp³-hybridized carbons (Fsp3) is 0.333. The fourth-order valence-electron chi connectivity index (χ4n) is 1.28. The van der Waals surface area contributed by atoms with Crippen LogP contribution in [-0.4, -0.2) is 36.7 Å². The van der Waals surface area contributed by atoms with Crippen LogP contribution in [0.2, 0.25) is 0 Å². The van der Waals surface area contributed by atoms with Crippen LogP contribution in [0.1, 0.15) is 11.3 Å². The van der Waals surface area contributed by atoms with Crippen LogP contribution >= 0.6 is 27.3 Å². The molecular formula is C12H14BrNO4S. The Labute approximate surface area is 123 Å². The van der Waals surface area contributed by atoms with E-state index < -0.39 is 12.1 Å². The number of carboxylic acids is 1. The smallest absolute Gasteiger partial charge is 0.306 e. The molecule has 0 bridgehead atoms. The molecule has 0 aliphatic heterocycles. The van der Waals surface area contributed by atoms with Crippen molar-refractivity contribution in [2.24, 2.45) is 0 Å². The zero-order valence-corrected chi connectivity index (χ0v) is 12.7. The van der Waals surface area contributed by atoms with Crippen LogP contribution in [0.4, 0.5) is 0 Å². The first-order valence-electron chi connectivity index (χ1n) is 5.47. The minimum absolute atomic E-state index is 0.141. The summed E-state index contributed by atoms with van der Waals surface area (Å²) >= 11 is 4.85. The van der Waals surface area contributed by atoms with Crippen LogP contribution in [0.3, 0.4) is 0 Å². The first kappa shape index (κ1) is 15.9. The van der Waals surface area contributed by atoms with Gasteiger partial charge in [0.2, 0.25) is 5.91 Å².